The van der Waals surface area contributed by atoms with Gasteiger partial charge in [0.25, 0.3) is 5.91 Å². The molecule has 0 unspecified atom stereocenters. The number of amides is 2. The summed E-state index contributed by atoms with van der Waals surface area (Å²) in [6, 6.07) is 22.6. The zero-order chi connectivity index (χ0) is 26.3. The van der Waals surface area contributed by atoms with Crippen LogP contribution in [0, 0.1) is 0 Å². The number of carbonyl (C=O) groups is 2. The Morgan fingerprint density at radius 1 is 0.842 bits per heavy atom. The fraction of sp³-hybridized carbons (Fsp3) is 0.138. The van der Waals surface area contributed by atoms with E-state index in [1.54, 1.807) is 24.7 Å². The van der Waals surface area contributed by atoms with Crippen LogP contribution in [0.15, 0.2) is 91.5 Å². The predicted octanol–water partition coefficient (Wildman–Crippen LogP) is 4.75. The second-order valence-electron chi connectivity index (χ2n) is 8.76. The number of hydrogen-bond donors (Lipinski definition) is 3. The van der Waals surface area contributed by atoms with Gasteiger partial charge in [-0.1, -0.05) is 48.5 Å². The molecule has 2 amide bonds. The Balaban J connectivity index is 1.45. The molecule has 2 aromatic heterocycles. The van der Waals surface area contributed by atoms with Gasteiger partial charge < -0.3 is 20.3 Å². The van der Waals surface area contributed by atoms with Crippen LogP contribution in [0.4, 0.5) is 4.79 Å². The average molecular weight is 507 g/mol. The number of carboxylic acid groups (broad SMARTS) is 1. The fourth-order valence-corrected chi connectivity index (χ4v) is 4.19. The fourth-order valence-electron chi connectivity index (χ4n) is 4.19. The molecule has 0 spiro atoms. The molecule has 9 nitrogen and oxygen atoms in total. The van der Waals surface area contributed by atoms with Crippen LogP contribution in [0.2, 0.25) is 0 Å². The van der Waals surface area contributed by atoms with Crippen molar-refractivity contribution in [1.29, 1.82) is 0 Å². The molecule has 0 saturated heterocycles. The SMILES string of the molecule is O=C(O)NCc1cccc(-c2nc3cc(C(=O)NCCCn4ccnc4)ccc3nc2-c2ccccc2)c1. The van der Waals surface area contributed by atoms with E-state index < -0.39 is 6.09 Å². The van der Waals surface area contributed by atoms with E-state index in [-0.39, 0.29) is 12.5 Å². The van der Waals surface area contributed by atoms with Crippen LogP contribution < -0.4 is 10.6 Å². The summed E-state index contributed by atoms with van der Waals surface area (Å²) in [5, 5.41) is 14.3. The van der Waals surface area contributed by atoms with Gasteiger partial charge in [-0.2, -0.15) is 0 Å². The lowest BCUT2D eigenvalue weighted by Gasteiger charge is -2.13. The lowest BCUT2D eigenvalue weighted by atomic mass is 10.0. The highest BCUT2D eigenvalue weighted by atomic mass is 16.4. The molecule has 0 bridgehead atoms. The van der Waals surface area contributed by atoms with Crippen LogP contribution in [0.3, 0.4) is 0 Å². The summed E-state index contributed by atoms with van der Waals surface area (Å²) < 4.78 is 1.97. The summed E-state index contributed by atoms with van der Waals surface area (Å²) in [6.45, 7) is 1.49. The molecule has 0 aliphatic rings. The van der Waals surface area contributed by atoms with Crippen LogP contribution >= 0.6 is 0 Å². The van der Waals surface area contributed by atoms with Gasteiger partial charge in [0, 0.05) is 48.7 Å². The standard InChI is InChI=1S/C29H26N6O3/c36-28(31-12-5-14-35-15-13-30-19-35)23-10-11-24-25(17-23)34-27(26(33-24)21-7-2-1-3-8-21)22-9-4-6-20(16-22)18-32-29(37)38/h1-4,6-11,13,15-17,19,32H,5,12,14,18H2,(H,31,36)(H,37,38). The van der Waals surface area contributed by atoms with Crippen LogP contribution in [0.5, 0.6) is 0 Å². The van der Waals surface area contributed by atoms with E-state index in [2.05, 4.69) is 15.6 Å². The maximum absolute atomic E-state index is 12.8. The second-order valence-corrected chi connectivity index (χ2v) is 8.76. The van der Waals surface area contributed by atoms with Crippen molar-refractivity contribution in [3.63, 3.8) is 0 Å². The van der Waals surface area contributed by atoms with Crippen LogP contribution in [0.25, 0.3) is 33.5 Å². The minimum atomic E-state index is -1.08. The highest BCUT2D eigenvalue weighted by molar-refractivity contribution is 5.98. The first-order valence-electron chi connectivity index (χ1n) is 12.2. The maximum atomic E-state index is 12.8. The lowest BCUT2D eigenvalue weighted by molar-refractivity contribution is 0.0952. The Bertz CT molecular complexity index is 1570. The van der Waals surface area contributed by atoms with Crippen molar-refractivity contribution in [3.8, 4) is 22.5 Å². The van der Waals surface area contributed by atoms with Crippen molar-refractivity contribution in [2.45, 2.75) is 19.5 Å². The number of nitrogens with one attached hydrogen (secondary N) is 2. The van der Waals surface area contributed by atoms with E-state index in [9.17, 15) is 9.59 Å². The molecule has 5 aromatic rings. The second kappa shape index (κ2) is 11.3. The molecule has 0 aliphatic carbocycles. The first-order chi connectivity index (χ1) is 18.6. The summed E-state index contributed by atoms with van der Waals surface area (Å²) in [5.41, 5.74) is 5.65. The summed E-state index contributed by atoms with van der Waals surface area (Å²) in [5.74, 6) is -0.172. The highest BCUT2D eigenvalue weighted by Crippen LogP contribution is 2.31. The molecule has 0 radical (unpaired) electrons. The summed E-state index contributed by atoms with van der Waals surface area (Å²) in [7, 11) is 0. The smallest absolute Gasteiger partial charge is 0.404 e. The van der Waals surface area contributed by atoms with Crippen molar-refractivity contribution in [3.05, 3.63) is 103 Å². The van der Waals surface area contributed by atoms with Crippen LogP contribution in [-0.2, 0) is 13.1 Å². The number of aromatic nitrogens is 4. The molecule has 2 heterocycles. The molecule has 0 fully saturated rings. The van der Waals surface area contributed by atoms with Gasteiger partial charge >= 0.3 is 6.09 Å². The summed E-state index contributed by atoms with van der Waals surface area (Å²) in [4.78, 5) is 37.7. The van der Waals surface area contributed by atoms with Gasteiger partial charge in [0.05, 0.1) is 28.7 Å². The van der Waals surface area contributed by atoms with Gasteiger partial charge in [-0.15, -0.1) is 0 Å². The van der Waals surface area contributed by atoms with Crippen molar-refractivity contribution < 1.29 is 14.7 Å². The van der Waals surface area contributed by atoms with E-state index in [0.717, 1.165) is 29.7 Å². The lowest BCUT2D eigenvalue weighted by Crippen LogP contribution is -2.25. The minimum Gasteiger partial charge on any atom is -0.465 e. The summed E-state index contributed by atoms with van der Waals surface area (Å²) >= 11 is 0. The van der Waals surface area contributed by atoms with Crippen LogP contribution in [0.1, 0.15) is 22.3 Å². The molecule has 9 heteroatoms. The number of imidazole rings is 1. The third-order valence-electron chi connectivity index (χ3n) is 6.06. The maximum Gasteiger partial charge on any atom is 0.404 e. The van der Waals surface area contributed by atoms with E-state index >= 15 is 0 Å². The molecule has 190 valence electrons. The van der Waals surface area contributed by atoms with Crippen molar-refractivity contribution in [2.75, 3.05) is 6.54 Å². The topological polar surface area (TPSA) is 122 Å². The third-order valence-corrected chi connectivity index (χ3v) is 6.06. The van der Waals surface area contributed by atoms with Gasteiger partial charge in [0.2, 0.25) is 0 Å². The number of rotatable bonds is 9. The van der Waals surface area contributed by atoms with Gasteiger partial charge in [-0.05, 0) is 36.2 Å². The third kappa shape index (κ3) is 5.84. The molecule has 3 N–H and O–H groups in total. The first kappa shape index (κ1) is 24.6. The van der Waals surface area contributed by atoms with E-state index in [0.29, 0.717) is 34.5 Å². The van der Waals surface area contributed by atoms with Crippen LogP contribution in [-0.4, -0.2) is 43.2 Å². The Labute approximate surface area is 219 Å². The number of hydrogen-bond acceptors (Lipinski definition) is 5. The Morgan fingerprint density at radius 2 is 1.63 bits per heavy atom. The van der Waals surface area contributed by atoms with Crippen molar-refractivity contribution >= 4 is 23.0 Å². The normalized spacial score (nSPS) is 10.8. The van der Waals surface area contributed by atoms with Crippen molar-refractivity contribution in [1.82, 2.24) is 30.2 Å². The highest BCUT2D eigenvalue weighted by Gasteiger charge is 2.15. The van der Waals surface area contributed by atoms with Gasteiger partial charge in [-0.3, -0.25) is 4.79 Å². The van der Waals surface area contributed by atoms with E-state index in [4.69, 9.17) is 15.1 Å². The predicted molar refractivity (Wildman–Crippen MR) is 144 cm³/mol. The summed E-state index contributed by atoms with van der Waals surface area (Å²) in [6.07, 6.45) is 5.08. The zero-order valence-electron chi connectivity index (χ0n) is 20.5. The molecule has 38 heavy (non-hydrogen) atoms. The number of aryl methyl sites for hydroxylation is 1. The number of benzene rings is 3. The first-order valence-corrected chi connectivity index (χ1v) is 12.2. The Hall–Kier alpha value is -5.05. The molecule has 0 atom stereocenters. The van der Waals surface area contributed by atoms with Gasteiger partial charge in [0.15, 0.2) is 0 Å². The monoisotopic (exact) mass is 506 g/mol. The molecule has 3 aromatic carbocycles. The Morgan fingerprint density at radius 3 is 2.42 bits per heavy atom. The van der Waals surface area contributed by atoms with Crippen molar-refractivity contribution in [2.24, 2.45) is 0 Å². The van der Waals surface area contributed by atoms with Gasteiger partial charge in [-0.25, -0.2) is 19.7 Å². The molecular weight excluding hydrogens is 480 g/mol. The Kier molecular flexibility index (Phi) is 7.35. The van der Waals surface area contributed by atoms with E-state index in [1.807, 2.05) is 71.4 Å². The number of fused-ring (bicyclic) bond motifs is 1. The van der Waals surface area contributed by atoms with E-state index in [1.165, 1.54) is 0 Å². The average Bonchev–Trinajstić information content (AvgIpc) is 3.47. The quantitative estimate of drug-likeness (QED) is 0.248. The molecule has 5 rings (SSSR count). The molecule has 0 aliphatic heterocycles. The molecular formula is C29H26N6O3. The largest absolute Gasteiger partial charge is 0.465 e. The number of carbonyl (C=O) groups excluding carboxylic acids is 1. The molecule has 0 saturated carbocycles. The van der Waals surface area contributed by atoms with Gasteiger partial charge in [0.1, 0.15) is 0 Å². The minimum absolute atomic E-state index is 0.172. The zero-order valence-corrected chi connectivity index (χ0v) is 20.5. The number of nitrogens with zero attached hydrogens (tertiary/aromatic N) is 4.